The highest BCUT2D eigenvalue weighted by Crippen LogP contribution is 2.30. The fourth-order valence-corrected chi connectivity index (χ4v) is 2.42. The van der Waals surface area contributed by atoms with Crippen molar-refractivity contribution in [3.05, 3.63) is 51.7 Å². The number of hydrogen-bond acceptors (Lipinski definition) is 4. The molecule has 3 rings (SSSR count). The Morgan fingerprint density at radius 2 is 1.83 bits per heavy atom. The van der Waals surface area contributed by atoms with Gasteiger partial charge in [-0.1, -0.05) is 23.2 Å². The molecule has 0 aliphatic carbocycles. The number of nitrogens with one attached hydrogen (secondary N) is 1. The van der Waals surface area contributed by atoms with Gasteiger partial charge in [0.05, 0.1) is 10.0 Å². The first-order chi connectivity index (χ1) is 11.4. The lowest BCUT2D eigenvalue weighted by Gasteiger charge is -2.21. The highest BCUT2D eigenvalue weighted by molar-refractivity contribution is 6.42. The topological polar surface area (TPSA) is 79.6 Å². The van der Waals surface area contributed by atoms with Gasteiger partial charge in [0.15, 0.2) is 0 Å². The molecule has 0 spiro atoms. The van der Waals surface area contributed by atoms with E-state index in [1.165, 1.54) is 13.1 Å². The van der Waals surface area contributed by atoms with E-state index in [1.54, 1.807) is 30.3 Å². The molecular formula is C16H10Cl2N2O4. The molecule has 1 aliphatic rings. The summed E-state index contributed by atoms with van der Waals surface area (Å²) in [4.78, 5) is 36.0. The van der Waals surface area contributed by atoms with Crippen molar-refractivity contribution in [1.29, 1.82) is 0 Å². The van der Waals surface area contributed by atoms with E-state index in [9.17, 15) is 14.4 Å². The minimum Gasteiger partial charge on any atom is -0.457 e. The monoisotopic (exact) mass is 364 g/mol. The summed E-state index contributed by atoms with van der Waals surface area (Å²) in [6.45, 7) is 0. The van der Waals surface area contributed by atoms with E-state index < -0.39 is 17.8 Å². The van der Waals surface area contributed by atoms with Gasteiger partial charge in [-0.05, 0) is 36.4 Å². The number of furan rings is 1. The highest BCUT2D eigenvalue weighted by Gasteiger charge is 2.33. The fourth-order valence-electron chi connectivity index (χ4n) is 2.12. The third-order valence-electron chi connectivity index (χ3n) is 3.42. The number of carbonyl (C=O) groups excluding carboxylic acids is 3. The second-order valence-electron chi connectivity index (χ2n) is 5.01. The zero-order valence-corrected chi connectivity index (χ0v) is 13.8. The zero-order chi connectivity index (χ0) is 17.4. The number of halogens is 2. The maximum absolute atomic E-state index is 12.0. The molecule has 1 N–H and O–H groups in total. The van der Waals surface area contributed by atoms with Crippen LogP contribution in [0, 0.1) is 0 Å². The number of benzene rings is 1. The first-order valence-corrected chi connectivity index (χ1v) is 7.53. The first-order valence-electron chi connectivity index (χ1n) is 6.77. The largest absolute Gasteiger partial charge is 0.457 e. The quantitative estimate of drug-likeness (QED) is 0.654. The lowest BCUT2D eigenvalue weighted by Crippen LogP contribution is -2.52. The summed E-state index contributed by atoms with van der Waals surface area (Å²) in [6.07, 6.45) is 1.28. The van der Waals surface area contributed by atoms with Gasteiger partial charge in [0.1, 0.15) is 17.1 Å². The molecule has 0 radical (unpaired) electrons. The molecule has 1 saturated heterocycles. The number of rotatable bonds is 2. The number of hydrogen-bond donors (Lipinski definition) is 1. The molecule has 6 nitrogen and oxygen atoms in total. The molecular weight excluding hydrogens is 355 g/mol. The maximum Gasteiger partial charge on any atom is 0.331 e. The summed E-state index contributed by atoms with van der Waals surface area (Å²) in [5.74, 6) is -0.683. The average molecular weight is 365 g/mol. The van der Waals surface area contributed by atoms with Gasteiger partial charge in [-0.3, -0.25) is 19.8 Å². The second-order valence-corrected chi connectivity index (χ2v) is 5.83. The van der Waals surface area contributed by atoms with Crippen molar-refractivity contribution < 1.29 is 18.8 Å². The van der Waals surface area contributed by atoms with E-state index >= 15 is 0 Å². The van der Waals surface area contributed by atoms with Crippen LogP contribution in [0.2, 0.25) is 10.0 Å². The van der Waals surface area contributed by atoms with E-state index in [-0.39, 0.29) is 11.3 Å². The Kier molecular flexibility index (Phi) is 4.17. The minimum atomic E-state index is -0.768. The van der Waals surface area contributed by atoms with Gasteiger partial charge in [0, 0.05) is 12.6 Å². The number of barbiturate groups is 1. The standard InChI is InChI=1S/C16H10Cl2N2O4/c1-20-15(22)10(14(21)19-16(20)23)7-9-3-5-13(24-9)8-2-4-11(17)12(18)6-8/h2-7H,1H3,(H,19,21,23)/b10-7+. The molecule has 0 saturated carbocycles. The Hall–Kier alpha value is -2.57. The molecule has 0 bridgehead atoms. The molecule has 4 amide bonds. The molecule has 8 heteroatoms. The SMILES string of the molecule is CN1C(=O)NC(=O)/C(=C\c2ccc(-c3ccc(Cl)c(Cl)c3)o2)C1=O. The summed E-state index contributed by atoms with van der Waals surface area (Å²) in [5, 5.41) is 2.87. The molecule has 122 valence electrons. The zero-order valence-electron chi connectivity index (χ0n) is 12.3. The van der Waals surface area contributed by atoms with Crippen LogP contribution < -0.4 is 5.32 Å². The number of carbonyl (C=O) groups is 3. The van der Waals surface area contributed by atoms with Crippen LogP contribution in [0.1, 0.15) is 5.76 Å². The summed E-state index contributed by atoms with van der Waals surface area (Å²) in [6, 6.07) is 7.52. The summed E-state index contributed by atoms with van der Waals surface area (Å²) < 4.78 is 5.61. The first kappa shape index (κ1) is 16.3. The number of imide groups is 2. The molecule has 0 unspecified atom stereocenters. The second kappa shape index (κ2) is 6.14. The molecule has 1 fully saturated rings. The summed E-state index contributed by atoms with van der Waals surface area (Å²) in [7, 11) is 1.28. The van der Waals surface area contributed by atoms with Crippen LogP contribution in [0.25, 0.3) is 17.4 Å². The van der Waals surface area contributed by atoms with E-state index in [4.69, 9.17) is 27.6 Å². The fraction of sp³-hybridized carbons (Fsp3) is 0.0625. The third kappa shape index (κ3) is 2.93. The molecule has 2 heterocycles. The van der Waals surface area contributed by atoms with Crippen molar-refractivity contribution in [2.24, 2.45) is 0 Å². The summed E-state index contributed by atoms with van der Waals surface area (Å²) >= 11 is 11.8. The number of urea groups is 1. The Balaban J connectivity index is 1.93. The smallest absolute Gasteiger partial charge is 0.331 e. The minimum absolute atomic E-state index is 0.188. The van der Waals surface area contributed by atoms with E-state index in [0.717, 1.165) is 4.90 Å². The maximum atomic E-state index is 12.0. The molecule has 24 heavy (non-hydrogen) atoms. The molecule has 1 aromatic carbocycles. The van der Waals surface area contributed by atoms with Gasteiger partial charge in [0.2, 0.25) is 0 Å². The number of amides is 4. The predicted molar refractivity (Wildman–Crippen MR) is 88.4 cm³/mol. The van der Waals surface area contributed by atoms with Crippen molar-refractivity contribution in [3.8, 4) is 11.3 Å². The predicted octanol–water partition coefficient (Wildman–Crippen LogP) is 3.35. The van der Waals surface area contributed by atoms with Crippen LogP contribution >= 0.6 is 23.2 Å². The van der Waals surface area contributed by atoms with Crippen molar-refractivity contribution >= 4 is 47.1 Å². The molecule has 1 aliphatic heterocycles. The van der Waals surface area contributed by atoms with Crippen molar-refractivity contribution in [2.45, 2.75) is 0 Å². The van der Waals surface area contributed by atoms with Crippen LogP contribution in [0.4, 0.5) is 4.79 Å². The van der Waals surface area contributed by atoms with Crippen molar-refractivity contribution in [1.82, 2.24) is 10.2 Å². The van der Waals surface area contributed by atoms with Crippen molar-refractivity contribution in [3.63, 3.8) is 0 Å². The lowest BCUT2D eigenvalue weighted by molar-refractivity contribution is -0.129. The third-order valence-corrected chi connectivity index (χ3v) is 4.16. The van der Waals surface area contributed by atoms with Gasteiger partial charge in [0.25, 0.3) is 11.8 Å². The van der Waals surface area contributed by atoms with Gasteiger partial charge in [-0.25, -0.2) is 4.79 Å². The Bertz CT molecular complexity index is 901. The Morgan fingerprint density at radius 1 is 1.08 bits per heavy atom. The number of likely N-dealkylation sites (N-methyl/N-ethyl adjacent to an activating group) is 1. The van der Waals surface area contributed by atoms with Crippen molar-refractivity contribution in [2.75, 3.05) is 7.05 Å². The van der Waals surface area contributed by atoms with Gasteiger partial charge in [-0.2, -0.15) is 0 Å². The Labute approximate surface area is 146 Å². The van der Waals surface area contributed by atoms with E-state index in [1.807, 2.05) is 0 Å². The van der Waals surface area contributed by atoms with Crippen LogP contribution in [0.5, 0.6) is 0 Å². The van der Waals surface area contributed by atoms with Gasteiger partial charge in [-0.15, -0.1) is 0 Å². The molecule has 0 atom stereocenters. The van der Waals surface area contributed by atoms with Crippen LogP contribution in [-0.4, -0.2) is 29.8 Å². The Morgan fingerprint density at radius 3 is 2.54 bits per heavy atom. The molecule has 1 aromatic heterocycles. The van der Waals surface area contributed by atoms with Crippen LogP contribution in [0.3, 0.4) is 0 Å². The van der Waals surface area contributed by atoms with Crippen LogP contribution in [0.15, 0.2) is 40.3 Å². The van der Waals surface area contributed by atoms with E-state index in [2.05, 4.69) is 5.32 Å². The number of nitrogens with zero attached hydrogens (tertiary/aromatic N) is 1. The van der Waals surface area contributed by atoms with Crippen LogP contribution in [-0.2, 0) is 9.59 Å². The highest BCUT2D eigenvalue weighted by atomic mass is 35.5. The normalized spacial score (nSPS) is 16.7. The lowest BCUT2D eigenvalue weighted by atomic mass is 10.1. The van der Waals surface area contributed by atoms with Gasteiger partial charge < -0.3 is 4.42 Å². The molecule has 2 aromatic rings. The van der Waals surface area contributed by atoms with E-state index in [0.29, 0.717) is 21.4 Å². The summed E-state index contributed by atoms with van der Waals surface area (Å²) in [5.41, 5.74) is 0.507. The van der Waals surface area contributed by atoms with Gasteiger partial charge >= 0.3 is 6.03 Å². The average Bonchev–Trinajstić information content (AvgIpc) is 3.01.